The maximum absolute atomic E-state index is 5.05. The van der Waals surface area contributed by atoms with Crippen molar-refractivity contribution in [3.8, 4) is 11.5 Å². The molecule has 3 aromatic heterocycles. The highest BCUT2D eigenvalue weighted by Gasteiger charge is 2.39. The molecule has 0 aliphatic carbocycles. The summed E-state index contributed by atoms with van der Waals surface area (Å²) in [6.07, 6.45) is 5.77. The highest BCUT2D eigenvalue weighted by Crippen LogP contribution is 2.54. The standard InChI is InChI=1S/C42H39N5/c1-40(2,3)26-22-30-29-17-15-28(25-36(29)47-38(30)34(23-26)42(6,7)33-13-10-19-43-39(33)47)46-35-14-9-8-12-31(35)41(4,5)32-18-16-27(24-37(32)46)45-21-11-20-44-45/h8-25H,1-7H3. The predicted octanol–water partition coefficient (Wildman–Crippen LogP) is 10.4. The Labute approximate surface area is 276 Å². The molecule has 0 spiro atoms. The van der Waals surface area contributed by atoms with Gasteiger partial charge in [0.2, 0.25) is 0 Å². The van der Waals surface area contributed by atoms with Crippen LogP contribution in [0.5, 0.6) is 0 Å². The normalized spacial score (nSPS) is 15.9. The average Bonchev–Trinajstić information content (AvgIpc) is 3.70. The molecule has 5 heteroatoms. The third kappa shape index (κ3) is 3.77. The van der Waals surface area contributed by atoms with Crippen LogP contribution in [0.2, 0.25) is 0 Å². The number of hydrogen-bond donors (Lipinski definition) is 0. The minimum absolute atomic E-state index is 0.0185. The highest BCUT2D eigenvalue weighted by atomic mass is 15.3. The minimum Gasteiger partial charge on any atom is -0.310 e. The van der Waals surface area contributed by atoms with Crippen LogP contribution in [0.15, 0.2) is 110 Å². The summed E-state index contributed by atoms with van der Waals surface area (Å²) in [7, 11) is 0. The molecule has 2 aliphatic rings. The van der Waals surface area contributed by atoms with Crippen molar-refractivity contribution in [2.75, 3.05) is 4.90 Å². The lowest BCUT2D eigenvalue weighted by molar-refractivity contribution is 0.581. The fourth-order valence-corrected chi connectivity index (χ4v) is 8.16. The molecular weight excluding hydrogens is 574 g/mol. The first-order valence-corrected chi connectivity index (χ1v) is 16.6. The van der Waals surface area contributed by atoms with Crippen LogP contribution < -0.4 is 4.90 Å². The number of rotatable bonds is 2. The third-order valence-corrected chi connectivity index (χ3v) is 10.8. The Balaban J connectivity index is 1.37. The first kappa shape index (κ1) is 28.1. The first-order chi connectivity index (χ1) is 22.5. The number of fused-ring (bicyclic) bond motifs is 7. The molecule has 0 radical (unpaired) electrons. The van der Waals surface area contributed by atoms with Gasteiger partial charge in [0.1, 0.15) is 5.82 Å². The van der Waals surface area contributed by atoms with Crippen molar-refractivity contribution in [3.05, 3.63) is 137 Å². The van der Waals surface area contributed by atoms with Gasteiger partial charge in [0.15, 0.2) is 0 Å². The van der Waals surface area contributed by atoms with Crippen molar-refractivity contribution in [3.63, 3.8) is 0 Å². The van der Waals surface area contributed by atoms with Gasteiger partial charge in [0, 0.05) is 51.4 Å². The fourth-order valence-electron chi connectivity index (χ4n) is 8.16. The molecule has 9 rings (SSSR count). The van der Waals surface area contributed by atoms with Gasteiger partial charge >= 0.3 is 0 Å². The van der Waals surface area contributed by atoms with E-state index < -0.39 is 0 Å². The van der Waals surface area contributed by atoms with Gasteiger partial charge in [-0.25, -0.2) is 9.67 Å². The van der Waals surface area contributed by atoms with E-state index in [9.17, 15) is 0 Å². The Bertz CT molecular complexity index is 2400. The van der Waals surface area contributed by atoms with Crippen LogP contribution in [-0.4, -0.2) is 19.3 Å². The number of aromatic nitrogens is 4. The molecule has 5 nitrogen and oxygen atoms in total. The zero-order valence-electron chi connectivity index (χ0n) is 28.1. The number of anilines is 3. The molecule has 5 heterocycles. The van der Waals surface area contributed by atoms with E-state index >= 15 is 0 Å². The van der Waals surface area contributed by atoms with Crippen LogP contribution in [0.25, 0.3) is 33.3 Å². The van der Waals surface area contributed by atoms with Crippen LogP contribution in [-0.2, 0) is 16.2 Å². The monoisotopic (exact) mass is 613 g/mol. The third-order valence-electron chi connectivity index (χ3n) is 10.8. The number of para-hydroxylation sites is 1. The molecule has 232 valence electrons. The largest absolute Gasteiger partial charge is 0.310 e. The molecule has 0 bridgehead atoms. The Hall–Kier alpha value is -5.16. The molecular formula is C42H39N5. The fraction of sp³-hybridized carbons (Fsp3) is 0.238. The maximum atomic E-state index is 5.05. The molecule has 4 aromatic carbocycles. The van der Waals surface area contributed by atoms with E-state index in [0.29, 0.717) is 0 Å². The summed E-state index contributed by atoms with van der Waals surface area (Å²) in [5.41, 5.74) is 13.2. The zero-order valence-corrected chi connectivity index (χ0v) is 28.1. The summed E-state index contributed by atoms with van der Waals surface area (Å²) in [6.45, 7) is 16.3. The summed E-state index contributed by atoms with van der Waals surface area (Å²) in [4.78, 5) is 7.49. The van der Waals surface area contributed by atoms with Crippen molar-refractivity contribution in [2.45, 2.75) is 64.7 Å². The topological polar surface area (TPSA) is 38.9 Å². The first-order valence-electron chi connectivity index (χ1n) is 16.6. The van der Waals surface area contributed by atoms with Gasteiger partial charge in [0.05, 0.1) is 28.1 Å². The number of benzene rings is 4. The lowest BCUT2D eigenvalue weighted by Gasteiger charge is -2.42. The smallest absolute Gasteiger partial charge is 0.141 e. The molecule has 7 aromatic rings. The molecule has 0 N–H and O–H groups in total. The lowest BCUT2D eigenvalue weighted by Crippen LogP contribution is -2.30. The Morgan fingerprint density at radius 3 is 2.15 bits per heavy atom. The van der Waals surface area contributed by atoms with Gasteiger partial charge in [-0.2, -0.15) is 5.10 Å². The van der Waals surface area contributed by atoms with Crippen LogP contribution in [0.3, 0.4) is 0 Å². The molecule has 2 aliphatic heterocycles. The predicted molar refractivity (Wildman–Crippen MR) is 193 cm³/mol. The van der Waals surface area contributed by atoms with E-state index in [4.69, 9.17) is 4.98 Å². The minimum atomic E-state index is -0.185. The number of hydrogen-bond acceptors (Lipinski definition) is 3. The van der Waals surface area contributed by atoms with Crippen molar-refractivity contribution >= 4 is 38.9 Å². The van der Waals surface area contributed by atoms with E-state index in [0.717, 1.165) is 17.2 Å². The van der Waals surface area contributed by atoms with Crippen molar-refractivity contribution < 1.29 is 0 Å². The Morgan fingerprint density at radius 2 is 1.36 bits per heavy atom. The van der Waals surface area contributed by atoms with Gasteiger partial charge < -0.3 is 4.90 Å². The van der Waals surface area contributed by atoms with Crippen molar-refractivity contribution in [2.24, 2.45) is 0 Å². The summed E-state index contributed by atoms with van der Waals surface area (Å²) in [5.74, 6) is 1.02. The van der Waals surface area contributed by atoms with Crippen molar-refractivity contribution in [1.82, 2.24) is 19.3 Å². The average molecular weight is 614 g/mol. The van der Waals surface area contributed by atoms with Gasteiger partial charge in [-0.1, -0.05) is 90.9 Å². The van der Waals surface area contributed by atoms with Gasteiger partial charge in [0.25, 0.3) is 0 Å². The van der Waals surface area contributed by atoms with E-state index in [1.165, 1.54) is 61.0 Å². The van der Waals surface area contributed by atoms with Crippen LogP contribution in [0.1, 0.15) is 76.3 Å². The van der Waals surface area contributed by atoms with E-state index in [1.807, 2.05) is 29.3 Å². The molecule has 0 atom stereocenters. The summed E-state index contributed by atoms with van der Waals surface area (Å²) in [6, 6.07) is 33.8. The van der Waals surface area contributed by atoms with Crippen LogP contribution in [0.4, 0.5) is 17.1 Å². The number of pyridine rings is 1. The second-order valence-corrected chi connectivity index (χ2v) is 15.3. The van der Waals surface area contributed by atoms with Crippen LogP contribution >= 0.6 is 0 Å². The quantitative estimate of drug-likeness (QED) is 0.195. The SMILES string of the molecule is CC(C)(C)c1cc2c3c(c1)c1ccc(N4c5ccccc5C(C)(C)c5ccc(-n6cccn6)cc54)cc1n3-c1ncccc1C2(C)C. The summed E-state index contributed by atoms with van der Waals surface area (Å²) in [5, 5.41) is 7.10. The zero-order chi connectivity index (χ0) is 32.5. The van der Waals surface area contributed by atoms with Crippen molar-refractivity contribution in [1.29, 1.82) is 0 Å². The summed E-state index contributed by atoms with van der Waals surface area (Å²) < 4.78 is 4.37. The second kappa shape index (κ2) is 9.22. The lowest BCUT2D eigenvalue weighted by atomic mass is 9.73. The molecule has 0 unspecified atom stereocenters. The molecule has 0 fully saturated rings. The molecule has 0 saturated heterocycles. The van der Waals surface area contributed by atoms with Crippen LogP contribution in [0, 0.1) is 0 Å². The Morgan fingerprint density at radius 1 is 0.617 bits per heavy atom. The van der Waals surface area contributed by atoms with Gasteiger partial charge in [-0.15, -0.1) is 0 Å². The summed E-state index contributed by atoms with van der Waals surface area (Å²) >= 11 is 0. The second-order valence-electron chi connectivity index (χ2n) is 15.3. The van der Waals surface area contributed by atoms with Gasteiger partial charge in [-0.05, 0) is 76.2 Å². The Kier molecular flexibility index (Phi) is 5.51. The van der Waals surface area contributed by atoms with E-state index in [2.05, 4.69) is 148 Å². The molecule has 0 saturated carbocycles. The molecule has 47 heavy (non-hydrogen) atoms. The number of nitrogens with zero attached hydrogens (tertiary/aromatic N) is 5. The highest BCUT2D eigenvalue weighted by molar-refractivity contribution is 6.13. The van der Waals surface area contributed by atoms with Gasteiger partial charge in [-0.3, -0.25) is 4.57 Å². The van der Waals surface area contributed by atoms with E-state index in [1.54, 1.807) is 0 Å². The maximum Gasteiger partial charge on any atom is 0.141 e. The van der Waals surface area contributed by atoms with E-state index in [-0.39, 0.29) is 16.2 Å². The molecule has 0 amide bonds.